The Balaban J connectivity index is 2.00. The highest BCUT2D eigenvalue weighted by Gasteiger charge is 2.08. The van der Waals surface area contributed by atoms with Gasteiger partial charge in [0.05, 0.1) is 10.6 Å². The molecule has 1 aromatic carbocycles. The van der Waals surface area contributed by atoms with E-state index in [0.29, 0.717) is 13.1 Å². The summed E-state index contributed by atoms with van der Waals surface area (Å²) in [4.78, 5) is 0.137. The maximum atomic E-state index is 11.3. The number of nitrogens with zero attached hydrogens (tertiary/aromatic N) is 2. The minimum Gasteiger partial charge on any atom is -0.308 e. The van der Waals surface area contributed by atoms with Crippen LogP contribution in [0.4, 0.5) is 0 Å². The first-order valence-electron chi connectivity index (χ1n) is 6.74. The third-order valence-corrected chi connectivity index (χ3v) is 4.11. The molecule has 1 heterocycles. The van der Waals surface area contributed by atoms with E-state index < -0.39 is 10.0 Å². The molecule has 3 N–H and O–H groups in total. The van der Waals surface area contributed by atoms with Crippen molar-refractivity contribution in [2.45, 2.75) is 31.3 Å². The molecule has 2 rings (SSSR count). The minimum atomic E-state index is -3.65. The van der Waals surface area contributed by atoms with E-state index in [1.54, 1.807) is 16.8 Å². The summed E-state index contributed by atoms with van der Waals surface area (Å²) in [6.07, 6.45) is 2.88. The van der Waals surface area contributed by atoms with Gasteiger partial charge in [0, 0.05) is 31.9 Å². The molecule has 114 valence electrons. The standard InChI is InChI=1S/C14H20N4O2S/c1-3-14-12(10-18(2)17-14)9-16-8-11-5-4-6-13(7-11)21(15,19)20/h4-7,10,16H,3,8-9H2,1-2H3,(H2,15,19,20). The third kappa shape index (κ3) is 4.13. The zero-order valence-electron chi connectivity index (χ0n) is 12.2. The lowest BCUT2D eigenvalue weighted by molar-refractivity contribution is 0.597. The number of hydrogen-bond acceptors (Lipinski definition) is 4. The first-order chi connectivity index (χ1) is 9.90. The van der Waals surface area contributed by atoms with Crippen LogP contribution in [0.1, 0.15) is 23.7 Å². The van der Waals surface area contributed by atoms with Gasteiger partial charge in [-0.15, -0.1) is 0 Å². The molecule has 0 atom stereocenters. The van der Waals surface area contributed by atoms with Crippen LogP contribution in [-0.4, -0.2) is 18.2 Å². The molecule has 0 aliphatic rings. The van der Waals surface area contributed by atoms with Crippen molar-refractivity contribution in [2.75, 3.05) is 0 Å². The molecule has 0 aliphatic heterocycles. The van der Waals surface area contributed by atoms with E-state index in [2.05, 4.69) is 17.3 Å². The Morgan fingerprint density at radius 3 is 2.76 bits per heavy atom. The number of aryl methyl sites for hydroxylation is 2. The van der Waals surface area contributed by atoms with Crippen LogP contribution in [0.5, 0.6) is 0 Å². The summed E-state index contributed by atoms with van der Waals surface area (Å²) in [7, 11) is -1.75. The zero-order valence-corrected chi connectivity index (χ0v) is 13.0. The summed E-state index contributed by atoms with van der Waals surface area (Å²) < 4.78 is 24.4. The summed E-state index contributed by atoms with van der Waals surface area (Å²) in [6.45, 7) is 3.33. The fraction of sp³-hybridized carbons (Fsp3) is 0.357. The molecule has 0 bridgehead atoms. The van der Waals surface area contributed by atoms with Gasteiger partial charge < -0.3 is 5.32 Å². The average molecular weight is 308 g/mol. The number of rotatable bonds is 6. The van der Waals surface area contributed by atoms with Crippen molar-refractivity contribution in [3.05, 3.63) is 47.3 Å². The second kappa shape index (κ2) is 6.38. The molecule has 0 saturated carbocycles. The molecular formula is C14H20N4O2S. The number of nitrogens with one attached hydrogen (secondary N) is 1. The van der Waals surface area contributed by atoms with Crippen molar-refractivity contribution in [2.24, 2.45) is 12.2 Å². The van der Waals surface area contributed by atoms with Crippen LogP contribution in [0.15, 0.2) is 35.4 Å². The van der Waals surface area contributed by atoms with Gasteiger partial charge in [-0.05, 0) is 24.1 Å². The lowest BCUT2D eigenvalue weighted by Gasteiger charge is -2.06. The van der Waals surface area contributed by atoms with Crippen molar-refractivity contribution in [1.29, 1.82) is 0 Å². The minimum absolute atomic E-state index is 0.137. The monoisotopic (exact) mass is 308 g/mol. The smallest absolute Gasteiger partial charge is 0.238 e. The number of primary sulfonamides is 1. The van der Waals surface area contributed by atoms with Gasteiger partial charge in [-0.3, -0.25) is 4.68 Å². The molecule has 21 heavy (non-hydrogen) atoms. The van der Waals surface area contributed by atoms with Crippen molar-refractivity contribution < 1.29 is 8.42 Å². The second-order valence-corrected chi connectivity index (χ2v) is 6.49. The van der Waals surface area contributed by atoms with E-state index in [9.17, 15) is 8.42 Å². The molecule has 0 unspecified atom stereocenters. The summed E-state index contributed by atoms with van der Waals surface area (Å²) >= 11 is 0. The molecule has 7 heteroatoms. The number of nitrogens with two attached hydrogens (primary N) is 1. The Hall–Kier alpha value is -1.70. The van der Waals surface area contributed by atoms with E-state index in [4.69, 9.17) is 5.14 Å². The molecule has 1 aromatic heterocycles. The molecule has 0 fully saturated rings. The van der Waals surface area contributed by atoms with Crippen LogP contribution >= 0.6 is 0 Å². The van der Waals surface area contributed by atoms with Crippen molar-refractivity contribution in [1.82, 2.24) is 15.1 Å². The third-order valence-electron chi connectivity index (χ3n) is 3.20. The number of sulfonamides is 1. The van der Waals surface area contributed by atoms with Crippen LogP contribution in [0, 0.1) is 0 Å². The van der Waals surface area contributed by atoms with E-state index in [0.717, 1.165) is 23.2 Å². The maximum absolute atomic E-state index is 11.3. The van der Waals surface area contributed by atoms with Gasteiger partial charge in [0.25, 0.3) is 0 Å². The summed E-state index contributed by atoms with van der Waals surface area (Å²) in [5, 5.41) is 12.8. The van der Waals surface area contributed by atoms with Crippen LogP contribution in [-0.2, 0) is 36.6 Å². The van der Waals surface area contributed by atoms with Crippen molar-refractivity contribution in [3.63, 3.8) is 0 Å². The largest absolute Gasteiger partial charge is 0.308 e. The highest BCUT2D eigenvalue weighted by molar-refractivity contribution is 7.89. The number of aromatic nitrogens is 2. The predicted molar refractivity (Wildman–Crippen MR) is 80.9 cm³/mol. The normalized spacial score (nSPS) is 11.8. The molecule has 0 amide bonds. The van der Waals surface area contributed by atoms with E-state index in [-0.39, 0.29) is 4.90 Å². The maximum Gasteiger partial charge on any atom is 0.238 e. The topological polar surface area (TPSA) is 90.0 Å². The van der Waals surface area contributed by atoms with Crippen LogP contribution in [0.25, 0.3) is 0 Å². The predicted octanol–water partition coefficient (Wildman–Crippen LogP) is 0.920. The Morgan fingerprint density at radius 1 is 1.33 bits per heavy atom. The second-order valence-electron chi connectivity index (χ2n) is 4.92. The van der Waals surface area contributed by atoms with E-state index >= 15 is 0 Å². The van der Waals surface area contributed by atoms with E-state index in [1.165, 1.54) is 6.07 Å². The lowest BCUT2D eigenvalue weighted by Crippen LogP contribution is -2.15. The van der Waals surface area contributed by atoms with Crippen LogP contribution in [0.3, 0.4) is 0 Å². The van der Waals surface area contributed by atoms with Crippen molar-refractivity contribution >= 4 is 10.0 Å². The SMILES string of the molecule is CCc1nn(C)cc1CNCc1cccc(S(N)(=O)=O)c1. The molecule has 2 aromatic rings. The fourth-order valence-electron chi connectivity index (χ4n) is 2.20. The molecule has 6 nitrogen and oxygen atoms in total. The van der Waals surface area contributed by atoms with Gasteiger partial charge in [-0.1, -0.05) is 19.1 Å². The highest BCUT2D eigenvalue weighted by Crippen LogP contribution is 2.11. The summed E-state index contributed by atoms with van der Waals surface area (Å²) in [6, 6.07) is 6.64. The van der Waals surface area contributed by atoms with Gasteiger partial charge in [0.2, 0.25) is 10.0 Å². The van der Waals surface area contributed by atoms with Crippen LogP contribution in [0.2, 0.25) is 0 Å². The summed E-state index contributed by atoms with van der Waals surface area (Å²) in [5.74, 6) is 0. The van der Waals surface area contributed by atoms with Crippen molar-refractivity contribution in [3.8, 4) is 0 Å². The van der Waals surface area contributed by atoms with E-state index in [1.807, 2.05) is 19.3 Å². The van der Waals surface area contributed by atoms with Gasteiger partial charge in [-0.2, -0.15) is 5.10 Å². The Labute approximate surface area is 125 Å². The average Bonchev–Trinajstić information content (AvgIpc) is 2.78. The highest BCUT2D eigenvalue weighted by atomic mass is 32.2. The van der Waals surface area contributed by atoms with Gasteiger partial charge >= 0.3 is 0 Å². The molecule has 0 saturated heterocycles. The zero-order chi connectivity index (χ0) is 15.5. The molecule has 0 aliphatic carbocycles. The quantitative estimate of drug-likeness (QED) is 0.830. The van der Waals surface area contributed by atoms with Gasteiger partial charge in [-0.25, -0.2) is 13.6 Å². The molecule has 0 spiro atoms. The Kier molecular flexibility index (Phi) is 4.76. The summed E-state index contributed by atoms with van der Waals surface area (Å²) in [5.41, 5.74) is 3.11. The first kappa shape index (κ1) is 15.7. The fourth-order valence-corrected chi connectivity index (χ4v) is 2.79. The van der Waals surface area contributed by atoms with Gasteiger partial charge in [0.15, 0.2) is 0 Å². The van der Waals surface area contributed by atoms with Crippen LogP contribution < -0.4 is 10.5 Å². The number of benzene rings is 1. The number of hydrogen-bond donors (Lipinski definition) is 2. The first-order valence-corrected chi connectivity index (χ1v) is 8.28. The Morgan fingerprint density at radius 2 is 2.10 bits per heavy atom. The lowest BCUT2D eigenvalue weighted by atomic mass is 10.2. The van der Waals surface area contributed by atoms with Gasteiger partial charge in [0.1, 0.15) is 0 Å². The molecular weight excluding hydrogens is 288 g/mol. The Bertz CT molecular complexity index is 722. The molecule has 0 radical (unpaired) electrons.